The maximum Gasteiger partial charge on any atom is 0.119 e. The molecule has 1 aromatic carbocycles. The Morgan fingerprint density at radius 2 is 1.75 bits per heavy atom. The Balaban J connectivity index is -0.000000963. The summed E-state index contributed by atoms with van der Waals surface area (Å²) < 4.78 is 5.39. The fourth-order valence-corrected chi connectivity index (χ4v) is 1.65. The van der Waals surface area contributed by atoms with Crippen molar-refractivity contribution in [3.05, 3.63) is 29.8 Å². The molecule has 0 saturated heterocycles. The van der Waals surface area contributed by atoms with E-state index in [0.29, 0.717) is 13.2 Å². The van der Waals surface area contributed by atoms with Crippen molar-refractivity contribution in [1.82, 2.24) is 5.32 Å². The van der Waals surface area contributed by atoms with Gasteiger partial charge in [-0.1, -0.05) is 12.1 Å². The normalized spacial score (nSPS) is 10.6. The predicted octanol–water partition coefficient (Wildman–Crippen LogP) is 1.77. The first-order valence-electron chi connectivity index (χ1n) is 6.14. The highest BCUT2D eigenvalue weighted by Gasteiger charge is 2.03. The molecule has 0 heterocycles. The quantitative estimate of drug-likeness (QED) is 0.627. The molecule has 1 aromatic rings. The highest BCUT2D eigenvalue weighted by Crippen LogP contribution is 2.12. The van der Waals surface area contributed by atoms with Crippen LogP contribution in [0.15, 0.2) is 24.3 Å². The molecule has 0 saturated carbocycles. The molecule has 0 spiro atoms. The average molecular weight is 347 g/mol. The second-order valence-corrected chi connectivity index (χ2v) is 4.03. The number of hydrogen-bond acceptors (Lipinski definition) is 4. The van der Waals surface area contributed by atoms with Crippen LogP contribution in [0.1, 0.15) is 12.5 Å². The van der Waals surface area contributed by atoms with Crippen LogP contribution in [0.25, 0.3) is 0 Å². The minimum Gasteiger partial charge on any atom is -0.494 e. The summed E-state index contributed by atoms with van der Waals surface area (Å²) in [5, 5.41) is 3.21. The Morgan fingerprint density at radius 1 is 1.15 bits per heavy atom. The summed E-state index contributed by atoms with van der Waals surface area (Å²) in [5.74, 6) is 0.908. The van der Waals surface area contributed by atoms with Gasteiger partial charge in [-0.3, -0.25) is 0 Å². The molecule has 4 nitrogen and oxygen atoms in total. The smallest absolute Gasteiger partial charge is 0.119 e. The van der Waals surface area contributed by atoms with Gasteiger partial charge in [0.1, 0.15) is 5.75 Å². The lowest BCUT2D eigenvalue weighted by molar-refractivity contribution is 0.340. The van der Waals surface area contributed by atoms with E-state index >= 15 is 0 Å². The highest BCUT2D eigenvalue weighted by atomic mass is 35.5. The first-order chi connectivity index (χ1) is 8.26. The number of ether oxygens (including phenoxy) is 1. The molecule has 5 N–H and O–H groups in total. The van der Waals surface area contributed by atoms with Crippen molar-refractivity contribution < 1.29 is 4.74 Å². The SMILES string of the molecule is CCOc1ccc(CC(N)CNCCN)cc1.Cl.Cl.Cl. The lowest BCUT2D eigenvalue weighted by atomic mass is 10.1. The summed E-state index contributed by atoms with van der Waals surface area (Å²) >= 11 is 0. The van der Waals surface area contributed by atoms with Crippen molar-refractivity contribution >= 4 is 37.2 Å². The number of rotatable bonds is 8. The first kappa shape index (κ1) is 24.8. The Morgan fingerprint density at radius 3 is 2.25 bits per heavy atom. The molecule has 0 aliphatic heterocycles. The van der Waals surface area contributed by atoms with Gasteiger partial charge in [-0.05, 0) is 31.0 Å². The van der Waals surface area contributed by atoms with Gasteiger partial charge in [0.05, 0.1) is 6.61 Å². The van der Waals surface area contributed by atoms with Crippen LogP contribution in [0.4, 0.5) is 0 Å². The van der Waals surface area contributed by atoms with E-state index in [0.717, 1.165) is 25.3 Å². The van der Waals surface area contributed by atoms with Gasteiger partial charge in [0.2, 0.25) is 0 Å². The van der Waals surface area contributed by atoms with Crippen molar-refractivity contribution in [1.29, 1.82) is 0 Å². The maximum atomic E-state index is 6.01. The van der Waals surface area contributed by atoms with E-state index in [-0.39, 0.29) is 43.3 Å². The zero-order valence-electron chi connectivity index (χ0n) is 11.7. The Bertz CT molecular complexity index is 312. The monoisotopic (exact) mass is 345 g/mol. The number of hydrogen-bond donors (Lipinski definition) is 3. The fourth-order valence-electron chi connectivity index (χ4n) is 1.65. The molecule has 0 aromatic heterocycles. The van der Waals surface area contributed by atoms with Crippen LogP contribution in [0.2, 0.25) is 0 Å². The van der Waals surface area contributed by atoms with Crippen molar-refractivity contribution in [2.45, 2.75) is 19.4 Å². The number of halogens is 3. The summed E-state index contributed by atoms with van der Waals surface area (Å²) in [7, 11) is 0. The van der Waals surface area contributed by atoms with E-state index < -0.39 is 0 Å². The summed E-state index contributed by atoms with van der Waals surface area (Å²) in [6.07, 6.45) is 0.865. The van der Waals surface area contributed by atoms with Crippen LogP contribution >= 0.6 is 37.2 Å². The largest absolute Gasteiger partial charge is 0.494 e. The van der Waals surface area contributed by atoms with Gasteiger partial charge in [-0.25, -0.2) is 0 Å². The molecule has 7 heteroatoms. The Labute approximate surface area is 140 Å². The predicted molar refractivity (Wildman–Crippen MR) is 93.0 cm³/mol. The minimum atomic E-state index is 0. The molecular weight excluding hydrogens is 321 g/mol. The van der Waals surface area contributed by atoms with Crippen LogP contribution in [0, 0.1) is 0 Å². The zero-order chi connectivity index (χ0) is 12.5. The number of nitrogens with two attached hydrogens (primary N) is 2. The summed E-state index contributed by atoms with van der Waals surface area (Å²) in [5.41, 5.74) is 12.6. The van der Waals surface area contributed by atoms with E-state index in [1.54, 1.807) is 0 Å². The lowest BCUT2D eigenvalue weighted by Gasteiger charge is -2.12. The second kappa shape index (κ2) is 15.2. The number of nitrogens with one attached hydrogen (secondary N) is 1. The van der Waals surface area contributed by atoms with Crippen LogP contribution < -0.4 is 21.5 Å². The van der Waals surface area contributed by atoms with Gasteiger partial charge in [0.25, 0.3) is 0 Å². The van der Waals surface area contributed by atoms with Crippen molar-refractivity contribution in [3.8, 4) is 5.75 Å². The van der Waals surface area contributed by atoms with Gasteiger partial charge < -0.3 is 21.5 Å². The van der Waals surface area contributed by atoms with Crippen molar-refractivity contribution in [2.75, 3.05) is 26.2 Å². The molecule has 20 heavy (non-hydrogen) atoms. The van der Waals surface area contributed by atoms with Crippen molar-refractivity contribution in [3.63, 3.8) is 0 Å². The molecule has 1 atom stereocenters. The van der Waals surface area contributed by atoms with E-state index in [1.807, 2.05) is 19.1 Å². The van der Waals surface area contributed by atoms with Gasteiger partial charge in [0.15, 0.2) is 0 Å². The van der Waals surface area contributed by atoms with E-state index in [1.165, 1.54) is 5.56 Å². The zero-order valence-corrected chi connectivity index (χ0v) is 14.2. The van der Waals surface area contributed by atoms with Crippen LogP contribution in [-0.2, 0) is 6.42 Å². The molecular formula is C13H26Cl3N3O. The van der Waals surface area contributed by atoms with Crippen molar-refractivity contribution in [2.24, 2.45) is 11.5 Å². The molecule has 0 aliphatic carbocycles. The van der Waals surface area contributed by atoms with Gasteiger partial charge >= 0.3 is 0 Å². The molecule has 120 valence electrons. The third-order valence-electron chi connectivity index (χ3n) is 2.46. The molecule has 0 aliphatic rings. The van der Waals surface area contributed by atoms with E-state index in [4.69, 9.17) is 16.2 Å². The Hall–Kier alpha value is -0.230. The second-order valence-electron chi connectivity index (χ2n) is 4.03. The molecule has 0 bridgehead atoms. The van der Waals surface area contributed by atoms with E-state index in [9.17, 15) is 0 Å². The highest BCUT2D eigenvalue weighted by molar-refractivity contribution is 5.86. The maximum absolute atomic E-state index is 6.01. The number of benzene rings is 1. The minimum absolute atomic E-state index is 0. The van der Waals surface area contributed by atoms with Gasteiger partial charge in [-0.15, -0.1) is 37.2 Å². The molecule has 0 radical (unpaired) electrons. The van der Waals surface area contributed by atoms with E-state index in [2.05, 4.69) is 17.4 Å². The average Bonchev–Trinajstić information content (AvgIpc) is 2.32. The topological polar surface area (TPSA) is 73.3 Å². The molecule has 1 rings (SSSR count). The Kier molecular flexibility index (Phi) is 18.8. The third-order valence-corrected chi connectivity index (χ3v) is 2.46. The van der Waals surface area contributed by atoms with Gasteiger partial charge in [-0.2, -0.15) is 0 Å². The van der Waals surface area contributed by atoms with Crippen LogP contribution in [0.5, 0.6) is 5.75 Å². The summed E-state index contributed by atoms with van der Waals surface area (Å²) in [6, 6.07) is 8.22. The first-order valence-corrected chi connectivity index (χ1v) is 6.14. The standard InChI is InChI=1S/C13H23N3O.3ClH/c1-2-17-13-5-3-11(4-6-13)9-12(15)10-16-8-7-14;;;/h3-6,12,16H,2,7-10,14-15H2,1H3;3*1H. The van der Waals surface area contributed by atoms with Crippen LogP contribution in [-0.4, -0.2) is 32.3 Å². The summed E-state index contributed by atoms with van der Waals surface area (Å²) in [4.78, 5) is 0. The molecule has 0 amide bonds. The van der Waals surface area contributed by atoms with Gasteiger partial charge in [0, 0.05) is 25.7 Å². The third kappa shape index (κ3) is 10.5. The fraction of sp³-hybridized carbons (Fsp3) is 0.538. The molecule has 1 unspecified atom stereocenters. The molecule has 0 fully saturated rings. The summed E-state index contributed by atoms with van der Waals surface area (Å²) in [6.45, 7) is 4.94. The lowest BCUT2D eigenvalue weighted by Crippen LogP contribution is -2.37. The van der Waals surface area contributed by atoms with Crippen LogP contribution in [0.3, 0.4) is 0 Å².